The van der Waals surface area contributed by atoms with Crippen molar-refractivity contribution in [3.05, 3.63) is 111 Å². The number of fused-ring (bicyclic) bond motifs is 3. The molecule has 0 amide bonds. The van der Waals surface area contributed by atoms with Crippen LogP contribution in [0.5, 0.6) is 5.75 Å². The maximum absolute atomic E-state index is 14.6. The second-order valence-electron chi connectivity index (χ2n) is 10.0. The fourth-order valence-corrected chi connectivity index (χ4v) is 8.30. The van der Waals surface area contributed by atoms with Gasteiger partial charge in [0.25, 0.3) is 0 Å². The SMILES string of the molecule is Cc1cc(O)c(C(=O)[C@H]2[C@H](c3ccccc3)C3CSCN3[C@]23C(=O)c2cccc4cccc3c24)c(=O)o1. The number of thioether (sulfide) groups is 1. The van der Waals surface area contributed by atoms with Crippen molar-refractivity contribution < 1.29 is 19.1 Å². The number of rotatable bonds is 3. The van der Waals surface area contributed by atoms with Crippen LogP contribution in [0, 0.1) is 12.8 Å². The lowest BCUT2D eigenvalue weighted by Crippen LogP contribution is -2.52. The van der Waals surface area contributed by atoms with E-state index in [0.29, 0.717) is 11.4 Å². The van der Waals surface area contributed by atoms with Gasteiger partial charge in [-0.15, -0.1) is 11.8 Å². The van der Waals surface area contributed by atoms with Crippen LogP contribution < -0.4 is 5.63 Å². The Bertz CT molecular complexity index is 1670. The smallest absolute Gasteiger partial charge is 0.350 e. The Hall–Kier alpha value is -3.68. The first kappa shape index (κ1) is 22.5. The monoisotopic (exact) mass is 509 g/mol. The molecule has 2 saturated heterocycles. The van der Waals surface area contributed by atoms with Crippen molar-refractivity contribution in [2.45, 2.75) is 24.4 Å². The molecule has 4 atom stereocenters. The van der Waals surface area contributed by atoms with Crippen molar-refractivity contribution >= 4 is 34.1 Å². The van der Waals surface area contributed by atoms with Gasteiger partial charge in [0.05, 0.1) is 5.92 Å². The summed E-state index contributed by atoms with van der Waals surface area (Å²) in [4.78, 5) is 44.4. The van der Waals surface area contributed by atoms with Crippen LogP contribution in [0.15, 0.2) is 82.0 Å². The zero-order chi connectivity index (χ0) is 25.5. The molecule has 3 heterocycles. The molecular weight excluding hydrogens is 486 g/mol. The molecule has 7 heteroatoms. The van der Waals surface area contributed by atoms with Crippen LogP contribution in [-0.2, 0) is 5.54 Å². The van der Waals surface area contributed by atoms with Gasteiger partial charge in [0.1, 0.15) is 22.6 Å². The van der Waals surface area contributed by atoms with Gasteiger partial charge in [0, 0.05) is 35.2 Å². The molecule has 6 nitrogen and oxygen atoms in total. The van der Waals surface area contributed by atoms with Gasteiger partial charge < -0.3 is 9.52 Å². The summed E-state index contributed by atoms with van der Waals surface area (Å²) in [5.74, 6) is -0.840. The zero-order valence-corrected chi connectivity index (χ0v) is 20.8. The van der Waals surface area contributed by atoms with Crippen molar-refractivity contribution in [1.82, 2.24) is 4.90 Å². The summed E-state index contributed by atoms with van der Waals surface area (Å²) in [7, 11) is 0. The third-order valence-electron chi connectivity index (χ3n) is 8.27. The molecule has 3 aromatic carbocycles. The number of nitrogens with zero attached hydrogens (tertiary/aromatic N) is 1. The van der Waals surface area contributed by atoms with E-state index in [9.17, 15) is 19.5 Å². The first-order valence-corrected chi connectivity index (χ1v) is 13.4. The molecule has 2 aliphatic heterocycles. The van der Waals surface area contributed by atoms with Crippen LogP contribution in [0.4, 0.5) is 0 Å². The number of benzene rings is 3. The normalized spacial score (nSPS) is 26.3. The highest BCUT2D eigenvalue weighted by atomic mass is 32.2. The summed E-state index contributed by atoms with van der Waals surface area (Å²) in [6, 6.07) is 22.5. The Balaban J connectivity index is 1.56. The Morgan fingerprint density at radius 2 is 1.81 bits per heavy atom. The van der Waals surface area contributed by atoms with Crippen molar-refractivity contribution in [3.8, 4) is 5.75 Å². The quantitative estimate of drug-likeness (QED) is 0.394. The molecule has 0 radical (unpaired) electrons. The number of aromatic hydroxyl groups is 1. The van der Waals surface area contributed by atoms with Gasteiger partial charge >= 0.3 is 5.63 Å². The summed E-state index contributed by atoms with van der Waals surface area (Å²) in [6.45, 7) is 1.55. The minimum absolute atomic E-state index is 0.102. The van der Waals surface area contributed by atoms with Crippen LogP contribution in [0.3, 0.4) is 0 Å². The largest absolute Gasteiger partial charge is 0.507 e. The molecule has 4 aromatic rings. The second kappa shape index (κ2) is 7.91. The van der Waals surface area contributed by atoms with Gasteiger partial charge in [-0.05, 0) is 28.8 Å². The predicted molar refractivity (Wildman–Crippen MR) is 141 cm³/mol. The van der Waals surface area contributed by atoms with E-state index in [2.05, 4.69) is 4.90 Å². The van der Waals surface area contributed by atoms with E-state index in [0.717, 1.165) is 27.7 Å². The van der Waals surface area contributed by atoms with E-state index >= 15 is 0 Å². The summed E-state index contributed by atoms with van der Waals surface area (Å²) >= 11 is 1.75. The van der Waals surface area contributed by atoms with E-state index in [1.54, 1.807) is 18.7 Å². The molecule has 1 unspecified atom stereocenters. The summed E-state index contributed by atoms with van der Waals surface area (Å²) < 4.78 is 5.26. The van der Waals surface area contributed by atoms with E-state index in [4.69, 9.17) is 4.42 Å². The highest BCUT2D eigenvalue weighted by Gasteiger charge is 2.69. The molecule has 1 aromatic heterocycles. The van der Waals surface area contributed by atoms with Crippen molar-refractivity contribution in [1.29, 1.82) is 0 Å². The fraction of sp³-hybridized carbons (Fsp3) is 0.233. The van der Waals surface area contributed by atoms with Crippen LogP contribution >= 0.6 is 11.8 Å². The van der Waals surface area contributed by atoms with E-state index in [-0.39, 0.29) is 29.1 Å². The number of hydrogen-bond donors (Lipinski definition) is 1. The minimum atomic E-state index is -1.29. The lowest BCUT2D eigenvalue weighted by atomic mass is 9.68. The standard InChI is InChI=1S/C30H23NO5S/c1-16-13-22(32)25(29(35)36-16)27(33)26-24(18-7-3-2-4-8-18)21-14-37-15-31(21)30(26)20-12-6-10-17-9-5-11-19(23(17)20)28(30)34/h2-13,21,24,26,32H,14-15H2,1H3/t21?,24-,26-,30+/m1/s1. The number of hydrogen-bond acceptors (Lipinski definition) is 7. The molecule has 1 aliphatic carbocycles. The van der Waals surface area contributed by atoms with Crippen LogP contribution in [0.25, 0.3) is 10.8 Å². The molecule has 1 spiro atoms. The van der Waals surface area contributed by atoms with E-state index in [1.165, 1.54) is 6.07 Å². The van der Waals surface area contributed by atoms with Gasteiger partial charge in [-0.3, -0.25) is 14.5 Å². The minimum Gasteiger partial charge on any atom is -0.507 e. The van der Waals surface area contributed by atoms with Gasteiger partial charge in [0.15, 0.2) is 11.6 Å². The average molecular weight is 510 g/mol. The van der Waals surface area contributed by atoms with Gasteiger partial charge in [-0.25, -0.2) is 4.79 Å². The maximum Gasteiger partial charge on any atom is 0.350 e. The van der Waals surface area contributed by atoms with Gasteiger partial charge in [-0.2, -0.15) is 0 Å². The van der Waals surface area contributed by atoms with Crippen molar-refractivity contribution in [2.24, 2.45) is 5.92 Å². The third-order valence-corrected chi connectivity index (χ3v) is 9.31. The molecule has 0 saturated carbocycles. The molecule has 3 aliphatic rings. The third kappa shape index (κ3) is 2.84. The maximum atomic E-state index is 14.6. The summed E-state index contributed by atoms with van der Waals surface area (Å²) in [5, 5.41) is 12.6. The Morgan fingerprint density at radius 1 is 1.05 bits per heavy atom. The summed E-state index contributed by atoms with van der Waals surface area (Å²) in [6.07, 6.45) is 0. The lowest BCUT2D eigenvalue weighted by Gasteiger charge is -2.37. The number of ketones is 2. The van der Waals surface area contributed by atoms with Gasteiger partial charge in [-0.1, -0.05) is 66.7 Å². The first-order chi connectivity index (χ1) is 17.9. The first-order valence-electron chi connectivity index (χ1n) is 12.3. The van der Waals surface area contributed by atoms with Crippen LogP contribution in [0.1, 0.15) is 43.5 Å². The average Bonchev–Trinajstić information content (AvgIpc) is 3.54. The number of carbonyl (C=O) groups excluding carboxylic acids is 2. The van der Waals surface area contributed by atoms with Crippen molar-refractivity contribution in [2.75, 3.05) is 11.6 Å². The predicted octanol–water partition coefficient (Wildman–Crippen LogP) is 4.87. The number of carbonyl (C=O) groups is 2. The molecule has 37 heavy (non-hydrogen) atoms. The molecule has 184 valence electrons. The van der Waals surface area contributed by atoms with Crippen LogP contribution in [-0.4, -0.2) is 39.2 Å². The van der Waals surface area contributed by atoms with Crippen molar-refractivity contribution in [3.63, 3.8) is 0 Å². The molecular formula is C30H23NO5S. The number of Topliss-reactive ketones (excluding diaryl/α,β-unsaturated/α-hetero) is 2. The van der Waals surface area contributed by atoms with E-state index in [1.807, 2.05) is 66.7 Å². The summed E-state index contributed by atoms with van der Waals surface area (Å²) in [5.41, 5.74) is -0.241. The Labute approximate surface area is 216 Å². The van der Waals surface area contributed by atoms with Gasteiger partial charge in [0.2, 0.25) is 0 Å². The lowest BCUT2D eigenvalue weighted by molar-refractivity contribution is 0.0537. The Kier molecular flexibility index (Phi) is 4.81. The molecule has 7 rings (SSSR count). The van der Waals surface area contributed by atoms with E-state index < -0.39 is 28.6 Å². The molecule has 0 bridgehead atoms. The highest BCUT2D eigenvalue weighted by Crippen LogP contribution is 2.62. The molecule has 2 fully saturated rings. The fourth-order valence-electron chi connectivity index (χ4n) is 6.97. The second-order valence-corrected chi connectivity index (χ2v) is 11.0. The Morgan fingerprint density at radius 3 is 2.57 bits per heavy atom. The molecule has 1 N–H and O–H groups in total. The van der Waals surface area contributed by atoms with Crippen LogP contribution in [0.2, 0.25) is 0 Å². The number of aryl methyl sites for hydroxylation is 1. The highest BCUT2D eigenvalue weighted by molar-refractivity contribution is 7.99. The zero-order valence-electron chi connectivity index (χ0n) is 20.0. The topological polar surface area (TPSA) is 87.8 Å².